The fraction of sp³-hybridized carbons (Fsp3) is 0.211. The molecule has 1 aliphatic heterocycles. The third-order valence-corrected chi connectivity index (χ3v) is 5.09. The summed E-state index contributed by atoms with van der Waals surface area (Å²) >= 11 is 3.16. The van der Waals surface area contributed by atoms with E-state index in [0.717, 1.165) is 5.69 Å². The Hall–Kier alpha value is -2.14. The number of nitrogens with one attached hydrogen (secondary N) is 1. The lowest BCUT2D eigenvalue weighted by atomic mass is 10.1. The maximum Gasteiger partial charge on any atom is 0.247 e. The summed E-state index contributed by atoms with van der Waals surface area (Å²) < 4.78 is 14.3. The first kappa shape index (κ1) is 15.4. The second-order valence-electron chi connectivity index (χ2n) is 6.17. The molecule has 122 valence electrons. The summed E-state index contributed by atoms with van der Waals surface area (Å²) in [5.41, 5.74) is 3.01. The molecule has 0 aromatic heterocycles. The van der Waals surface area contributed by atoms with E-state index in [4.69, 9.17) is 0 Å². The highest BCUT2D eigenvalue weighted by Gasteiger charge is 2.26. The molecule has 1 aliphatic carbocycles. The molecule has 0 radical (unpaired) electrons. The quantitative estimate of drug-likeness (QED) is 0.834. The van der Waals surface area contributed by atoms with E-state index in [1.807, 2.05) is 11.0 Å². The molecule has 1 N–H and O–H groups in total. The minimum Gasteiger partial charge on any atom is -0.328 e. The van der Waals surface area contributed by atoms with Gasteiger partial charge < -0.3 is 10.2 Å². The number of anilines is 1. The van der Waals surface area contributed by atoms with Crippen molar-refractivity contribution in [2.75, 3.05) is 4.90 Å². The van der Waals surface area contributed by atoms with E-state index in [1.165, 1.54) is 30.5 Å². The van der Waals surface area contributed by atoms with E-state index in [0.29, 0.717) is 16.0 Å². The van der Waals surface area contributed by atoms with Crippen molar-refractivity contribution in [1.82, 2.24) is 5.32 Å². The average Bonchev–Trinajstić information content (AvgIpc) is 3.43. The Labute approximate surface area is 148 Å². The predicted octanol–water partition coefficient (Wildman–Crippen LogP) is 4.61. The smallest absolute Gasteiger partial charge is 0.247 e. The summed E-state index contributed by atoms with van der Waals surface area (Å²) in [4.78, 5) is 13.7. The van der Waals surface area contributed by atoms with E-state index in [2.05, 4.69) is 45.5 Å². The molecule has 1 unspecified atom stereocenters. The van der Waals surface area contributed by atoms with Gasteiger partial charge in [0.25, 0.3) is 0 Å². The SMILES string of the molecule is O=C1C=CN(c2ccc(C3CC3)cc2)C(c2ccc(Br)c(F)c2)N1. The average molecular weight is 387 g/mol. The van der Waals surface area contributed by atoms with Crippen molar-refractivity contribution in [3.05, 3.63) is 76.2 Å². The van der Waals surface area contributed by atoms with E-state index in [1.54, 1.807) is 12.3 Å². The van der Waals surface area contributed by atoms with Crippen LogP contribution in [-0.2, 0) is 4.79 Å². The van der Waals surface area contributed by atoms with Crippen LogP contribution in [0.2, 0.25) is 0 Å². The molecule has 1 fully saturated rings. The Bertz CT molecular complexity index is 815. The summed E-state index contributed by atoms with van der Waals surface area (Å²) in [7, 11) is 0. The largest absolute Gasteiger partial charge is 0.328 e. The fourth-order valence-electron chi connectivity index (χ4n) is 2.98. The number of benzene rings is 2. The number of amides is 1. The molecule has 0 spiro atoms. The molecule has 4 rings (SSSR count). The fourth-order valence-corrected chi connectivity index (χ4v) is 3.23. The number of halogens is 2. The summed E-state index contributed by atoms with van der Waals surface area (Å²) in [5.74, 6) is 0.168. The van der Waals surface area contributed by atoms with Crippen molar-refractivity contribution < 1.29 is 9.18 Å². The zero-order chi connectivity index (χ0) is 16.7. The molecular weight excluding hydrogens is 371 g/mol. The van der Waals surface area contributed by atoms with Gasteiger partial charge in [-0.25, -0.2) is 4.39 Å². The number of hydrogen-bond donors (Lipinski definition) is 1. The van der Waals surface area contributed by atoms with Gasteiger partial charge in [-0.05, 0) is 70.1 Å². The third kappa shape index (κ3) is 2.96. The molecule has 0 bridgehead atoms. The number of carbonyl (C=O) groups is 1. The Balaban J connectivity index is 1.68. The zero-order valence-electron chi connectivity index (χ0n) is 12.9. The molecule has 2 aromatic rings. The van der Waals surface area contributed by atoms with Crippen molar-refractivity contribution in [1.29, 1.82) is 0 Å². The van der Waals surface area contributed by atoms with Gasteiger partial charge in [0.15, 0.2) is 0 Å². The zero-order valence-corrected chi connectivity index (χ0v) is 14.5. The maximum absolute atomic E-state index is 13.9. The lowest BCUT2D eigenvalue weighted by Gasteiger charge is -2.34. The van der Waals surface area contributed by atoms with Crippen molar-refractivity contribution in [2.24, 2.45) is 0 Å². The van der Waals surface area contributed by atoms with Crippen molar-refractivity contribution in [3.8, 4) is 0 Å². The van der Waals surface area contributed by atoms with E-state index in [-0.39, 0.29) is 11.7 Å². The second-order valence-corrected chi connectivity index (χ2v) is 7.03. The van der Waals surface area contributed by atoms with Crippen molar-refractivity contribution in [2.45, 2.75) is 24.9 Å². The van der Waals surface area contributed by atoms with Crippen LogP contribution in [-0.4, -0.2) is 5.91 Å². The van der Waals surface area contributed by atoms with Gasteiger partial charge in [-0.1, -0.05) is 18.2 Å². The van der Waals surface area contributed by atoms with Gasteiger partial charge >= 0.3 is 0 Å². The monoisotopic (exact) mass is 386 g/mol. The number of rotatable bonds is 3. The first-order valence-electron chi connectivity index (χ1n) is 7.94. The van der Waals surface area contributed by atoms with Gasteiger partial charge in [0.1, 0.15) is 12.0 Å². The minimum atomic E-state index is -0.433. The Morgan fingerprint density at radius 2 is 1.79 bits per heavy atom. The van der Waals surface area contributed by atoms with Crippen LogP contribution in [0.1, 0.15) is 36.1 Å². The van der Waals surface area contributed by atoms with Crippen LogP contribution in [0.5, 0.6) is 0 Å². The predicted molar refractivity (Wildman–Crippen MR) is 95.0 cm³/mol. The molecule has 3 nitrogen and oxygen atoms in total. The lowest BCUT2D eigenvalue weighted by molar-refractivity contribution is -0.117. The first-order chi connectivity index (χ1) is 11.6. The maximum atomic E-state index is 13.9. The second kappa shape index (κ2) is 6.06. The molecule has 5 heteroatoms. The number of hydrogen-bond acceptors (Lipinski definition) is 2. The van der Waals surface area contributed by atoms with E-state index < -0.39 is 6.17 Å². The van der Waals surface area contributed by atoms with Gasteiger partial charge in [0.05, 0.1) is 4.47 Å². The molecule has 2 aromatic carbocycles. The van der Waals surface area contributed by atoms with Gasteiger partial charge in [-0.3, -0.25) is 4.79 Å². The van der Waals surface area contributed by atoms with Crippen LogP contribution in [0, 0.1) is 5.82 Å². The molecule has 2 aliphatic rings. The van der Waals surface area contributed by atoms with Gasteiger partial charge in [-0.2, -0.15) is 0 Å². The number of nitrogens with zero attached hydrogens (tertiary/aromatic N) is 1. The van der Waals surface area contributed by atoms with E-state index in [9.17, 15) is 9.18 Å². The molecule has 1 saturated carbocycles. The van der Waals surface area contributed by atoms with Gasteiger partial charge in [0, 0.05) is 18.0 Å². The van der Waals surface area contributed by atoms with Crippen molar-refractivity contribution in [3.63, 3.8) is 0 Å². The van der Waals surface area contributed by atoms with Crippen LogP contribution >= 0.6 is 15.9 Å². The topological polar surface area (TPSA) is 32.3 Å². The standard InChI is InChI=1S/C19H16BrFN2O/c20-16-8-5-14(11-17(16)21)19-22-18(24)9-10-23(19)15-6-3-13(4-7-15)12-1-2-12/h3-12,19H,1-2H2,(H,22,24). The Morgan fingerprint density at radius 3 is 2.46 bits per heavy atom. The summed E-state index contributed by atoms with van der Waals surface area (Å²) in [6.07, 6.45) is 5.33. The van der Waals surface area contributed by atoms with Crippen LogP contribution in [0.25, 0.3) is 0 Å². The third-order valence-electron chi connectivity index (χ3n) is 4.44. The first-order valence-corrected chi connectivity index (χ1v) is 8.73. The Morgan fingerprint density at radius 1 is 1.08 bits per heavy atom. The van der Waals surface area contributed by atoms with E-state index >= 15 is 0 Å². The summed E-state index contributed by atoms with van der Waals surface area (Å²) in [6, 6.07) is 13.3. The minimum absolute atomic E-state index is 0.186. The van der Waals surface area contributed by atoms with Gasteiger partial charge in [-0.15, -0.1) is 0 Å². The van der Waals surface area contributed by atoms with Crippen LogP contribution < -0.4 is 10.2 Å². The summed E-state index contributed by atoms with van der Waals surface area (Å²) in [6.45, 7) is 0. The normalized spacial score (nSPS) is 20.2. The van der Waals surface area contributed by atoms with Crippen LogP contribution in [0.15, 0.2) is 59.2 Å². The highest BCUT2D eigenvalue weighted by atomic mass is 79.9. The molecule has 24 heavy (non-hydrogen) atoms. The molecular formula is C19H16BrFN2O. The van der Waals surface area contributed by atoms with Crippen LogP contribution in [0.3, 0.4) is 0 Å². The van der Waals surface area contributed by atoms with Gasteiger partial charge in [0.2, 0.25) is 5.91 Å². The van der Waals surface area contributed by atoms with Crippen LogP contribution in [0.4, 0.5) is 10.1 Å². The number of carbonyl (C=O) groups excluding carboxylic acids is 1. The summed E-state index contributed by atoms with van der Waals surface area (Å²) in [5, 5.41) is 2.90. The van der Waals surface area contributed by atoms with Crippen molar-refractivity contribution >= 4 is 27.5 Å². The molecule has 0 saturated heterocycles. The lowest BCUT2D eigenvalue weighted by Crippen LogP contribution is -2.41. The highest BCUT2D eigenvalue weighted by molar-refractivity contribution is 9.10. The molecule has 1 amide bonds. The molecule has 1 heterocycles. The highest BCUT2D eigenvalue weighted by Crippen LogP contribution is 2.41. The Kier molecular flexibility index (Phi) is 3.88. The molecule has 1 atom stereocenters.